The van der Waals surface area contributed by atoms with Gasteiger partial charge in [-0.2, -0.15) is 5.10 Å². The molecule has 8 nitrogen and oxygen atoms in total. The van der Waals surface area contributed by atoms with Crippen LogP contribution < -0.4 is 5.32 Å². The molecule has 0 bridgehead atoms. The molecule has 1 aromatic carbocycles. The number of fused-ring (bicyclic) bond motifs is 1. The molecule has 3 heterocycles. The van der Waals surface area contributed by atoms with Crippen molar-refractivity contribution in [2.24, 2.45) is 0 Å². The van der Waals surface area contributed by atoms with Crippen LogP contribution in [0.25, 0.3) is 22.2 Å². The van der Waals surface area contributed by atoms with Gasteiger partial charge in [0.2, 0.25) is 0 Å². The van der Waals surface area contributed by atoms with Gasteiger partial charge < -0.3 is 9.72 Å². The summed E-state index contributed by atoms with van der Waals surface area (Å²) in [5, 5.41) is 12.7. The second kappa shape index (κ2) is 6.69. The summed E-state index contributed by atoms with van der Waals surface area (Å²) < 4.78 is 4.67. The van der Waals surface area contributed by atoms with Crippen molar-refractivity contribution in [1.29, 1.82) is 0 Å². The van der Waals surface area contributed by atoms with Crippen LogP contribution in [0.3, 0.4) is 0 Å². The topological polar surface area (TPSA) is 113 Å². The van der Waals surface area contributed by atoms with Crippen molar-refractivity contribution in [2.45, 2.75) is 6.92 Å². The molecular weight excluding hydrogens is 366 g/mol. The van der Waals surface area contributed by atoms with Crippen LogP contribution in [-0.4, -0.2) is 39.2 Å². The highest BCUT2D eigenvalue weighted by molar-refractivity contribution is 7.14. The maximum absolute atomic E-state index is 12.6. The second-order valence-corrected chi connectivity index (χ2v) is 6.76. The number of ether oxygens (including phenoxy) is 1. The molecule has 0 spiro atoms. The Kier molecular flexibility index (Phi) is 4.21. The first-order valence-electron chi connectivity index (χ1n) is 8.04. The van der Waals surface area contributed by atoms with Crippen molar-refractivity contribution in [2.75, 3.05) is 12.4 Å². The van der Waals surface area contributed by atoms with Crippen molar-refractivity contribution < 1.29 is 14.3 Å². The third-order valence-corrected chi connectivity index (χ3v) is 4.80. The highest BCUT2D eigenvalue weighted by atomic mass is 32.1. The zero-order valence-electron chi connectivity index (χ0n) is 14.5. The van der Waals surface area contributed by atoms with Crippen LogP contribution in [0.1, 0.15) is 26.5 Å². The first-order valence-corrected chi connectivity index (χ1v) is 8.92. The van der Waals surface area contributed by atoms with Crippen LogP contribution in [0, 0.1) is 6.92 Å². The van der Waals surface area contributed by atoms with E-state index in [1.165, 1.54) is 18.4 Å². The average molecular weight is 381 g/mol. The Bertz CT molecular complexity index is 1160. The van der Waals surface area contributed by atoms with Crippen molar-refractivity contribution in [3.63, 3.8) is 0 Å². The van der Waals surface area contributed by atoms with E-state index in [0.717, 1.165) is 22.0 Å². The number of H-pyrrole nitrogens is 2. The third kappa shape index (κ3) is 3.20. The van der Waals surface area contributed by atoms with Crippen LogP contribution in [0.5, 0.6) is 0 Å². The standard InChI is InChI=1S/C18H15N5O3S/c1-9-3-4-12-11(5-9)15(23-22-12)16(24)21-18-20-14(8-27-18)10-6-13(19-7-10)17(25)26-2/h3-8,19H,1-2H3,(H,22,23)(H,20,21,24). The number of anilines is 1. The summed E-state index contributed by atoms with van der Waals surface area (Å²) in [6.45, 7) is 1.96. The number of rotatable bonds is 4. The van der Waals surface area contributed by atoms with Gasteiger partial charge in [-0.05, 0) is 25.1 Å². The number of thiazole rings is 1. The van der Waals surface area contributed by atoms with Crippen LogP contribution in [0.4, 0.5) is 5.13 Å². The van der Waals surface area contributed by atoms with Crippen LogP contribution in [0.2, 0.25) is 0 Å². The number of benzene rings is 1. The number of carbonyl (C=O) groups excluding carboxylic acids is 2. The maximum Gasteiger partial charge on any atom is 0.354 e. The van der Waals surface area contributed by atoms with Gasteiger partial charge >= 0.3 is 5.97 Å². The van der Waals surface area contributed by atoms with Gasteiger partial charge in [-0.1, -0.05) is 11.6 Å². The average Bonchev–Trinajstić information content (AvgIpc) is 3.39. The van der Waals surface area contributed by atoms with E-state index in [0.29, 0.717) is 22.2 Å². The number of nitrogens with one attached hydrogen (secondary N) is 3. The van der Waals surface area contributed by atoms with E-state index in [2.05, 4.69) is 30.2 Å². The Morgan fingerprint density at radius 2 is 2.11 bits per heavy atom. The number of esters is 1. The molecule has 0 saturated carbocycles. The normalized spacial score (nSPS) is 10.9. The third-order valence-electron chi connectivity index (χ3n) is 4.04. The fourth-order valence-electron chi connectivity index (χ4n) is 2.69. The molecule has 4 rings (SSSR count). The van der Waals surface area contributed by atoms with E-state index in [1.807, 2.05) is 25.1 Å². The first-order chi connectivity index (χ1) is 13.0. The van der Waals surface area contributed by atoms with E-state index < -0.39 is 5.97 Å². The Morgan fingerprint density at radius 1 is 1.26 bits per heavy atom. The fraction of sp³-hybridized carbons (Fsp3) is 0.111. The van der Waals surface area contributed by atoms with E-state index in [-0.39, 0.29) is 5.91 Å². The van der Waals surface area contributed by atoms with E-state index in [1.54, 1.807) is 17.6 Å². The molecule has 136 valence electrons. The maximum atomic E-state index is 12.6. The molecule has 1 amide bonds. The van der Waals surface area contributed by atoms with Gasteiger partial charge in [0, 0.05) is 22.5 Å². The second-order valence-electron chi connectivity index (χ2n) is 5.91. The number of hydrogen-bond donors (Lipinski definition) is 3. The molecule has 0 saturated heterocycles. The number of aromatic nitrogens is 4. The number of aryl methyl sites for hydroxylation is 1. The number of carbonyl (C=O) groups is 2. The van der Waals surface area contributed by atoms with Crippen molar-refractivity contribution >= 4 is 39.2 Å². The van der Waals surface area contributed by atoms with Crippen molar-refractivity contribution in [3.8, 4) is 11.3 Å². The highest BCUT2D eigenvalue weighted by Crippen LogP contribution is 2.26. The first kappa shape index (κ1) is 17.0. The molecule has 9 heteroatoms. The van der Waals surface area contributed by atoms with E-state index in [4.69, 9.17) is 0 Å². The minimum Gasteiger partial charge on any atom is -0.464 e. The lowest BCUT2D eigenvalue weighted by molar-refractivity contribution is 0.0594. The van der Waals surface area contributed by atoms with E-state index >= 15 is 0 Å². The molecular formula is C18H15N5O3S. The zero-order valence-corrected chi connectivity index (χ0v) is 15.3. The minimum atomic E-state index is -0.453. The number of amides is 1. The molecule has 0 aliphatic rings. The Balaban J connectivity index is 1.55. The van der Waals surface area contributed by atoms with Gasteiger partial charge in [-0.3, -0.25) is 15.2 Å². The number of hydrogen-bond acceptors (Lipinski definition) is 6. The predicted molar refractivity (Wildman–Crippen MR) is 102 cm³/mol. The van der Waals surface area contributed by atoms with Gasteiger partial charge in [0.05, 0.1) is 18.3 Å². The Labute approximate surface area is 157 Å². The summed E-state index contributed by atoms with van der Waals surface area (Å²) in [6.07, 6.45) is 1.66. The van der Waals surface area contributed by atoms with Crippen molar-refractivity contribution in [3.05, 3.63) is 52.8 Å². The fourth-order valence-corrected chi connectivity index (χ4v) is 3.41. The molecule has 0 fully saturated rings. The quantitative estimate of drug-likeness (QED) is 0.469. The summed E-state index contributed by atoms with van der Waals surface area (Å²) in [5.41, 5.74) is 3.87. The summed E-state index contributed by atoms with van der Waals surface area (Å²) in [4.78, 5) is 31.4. The summed E-state index contributed by atoms with van der Waals surface area (Å²) in [6, 6.07) is 7.40. The molecule has 0 unspecified atom stereocenters. The molecule has 27 heavy (non-hydrogen) atoms. The van der Waals surface area contributed by atoms with Crippen LogP contribution in [0.15, 0.2) is 35.8 Å². The Hall–Kier alpha value is -3.46. The molecule has 0 aliphatic heterocycles. The monoisotopic (exact) mass is 381 g/mol. The molecule has 4 aromatic rings. The summed E-state index contributed by atoms with van der Waals surface area (Å²) >= 11 is 1.29. The zero-order chi connectivity index (χ0) is 19.0. The summed E-state index contributed by atoms with van der Waals surface area (Å²) in [5.74, 6) is -0.789. The van der Waals surface area contributed by atoms with E-state index in [9.17, 15) is 9.59 Å². The van der Waals surface area contributed by atoms with Crippen LogP contribution in [-0.2, 0) is 4.74 Å². The lowest BCUT2D eigenvalue weighted by Gasteiger charge is -1.99. The highest BCUT2D eigenvalue weighted by Gasteiger charge is 2.17. The van der Waals surface area contributed by atoms with Crippen molar-refractivity contribution in [1.82, 2.24) is 20.2 Å². The van der Waals surface area contributed by atoms with Gasteiger partial charge in [-0.25, -0.2) is 9.78 Å². The molecule has 3 N–H and O–H groups in total. The van der Waals surface area contributed by atoms with Gasteiger partial charge in [0.15, 0.2) is 10.8 Å². The lowest BCUT2D eigenvalue weighted by Crippen LogP contribution is -2.12. The number of aromatic amines is 2. The predicted octanol–water partition coefficient (Wildman–Crippen LogP) is 3.36. The molecule has 0 radical (unpaired) electrons. The molecule has 0 atom stereocenters. The Morgan fingerprint density at radius 3 is 2.93 bits per heavy atom. The van der Waals surface area contributed by atoms with Gasteiger partial charge in [0.25, 0.3) is 5.91 Å². The largest absolute Gasteiger partial charge is 0.464 e. The number of methoxy groups -OCH3 is 1. The van der Waals surface area contributed by atoms with Gasteiger partial charge in [-0.15, -0.1) is 11.3 Å². The van der Waals surface area contributed by atoms with Crippen LogP contribution >= 0.6 is 11.3 Å². The summed E-state index contributed by atoms with van der Waals surface area (Å²) in [7, 11) is 1.32. The minimum absolute atomic E-state index is 0.320. The number of nitrogens with zero attached hydrogens (tertiary/aromatic N) is 2. The van der Waals surface area contributed by atoms with Gasteiger partial charge in [0.1, 0.15) is 5.69 Å². The molecule has 0 aliphatic carbocycles. The smallest absolute Gasteiger partial charge is 0.354 e. The SMILES string of the molecule is COC(=O)c1cc(-c2csc(NC(=O)c3n[nH]c4ccc(C)cc34)n2)c[nH]1. The molecule has 3 aromatic heterocycles. The lowest BCUT2D eigenvalue weighted by atomic mass is 10.1.